The number of hydrogen-bond donors (Lipinski definition) is 2. The molecule has 2 rings (SSSR count). The van der Waals surface area contributed by atoms with Crippen molar-refractivity contribution in [3.05, 3.63) is 53.6 Å². The predicted molar refractivity (Wildman–Crippen MR) is 74.4 cm³/mol. The summed E-state index contributed by atoms with van der Waals surface area (Å²) in [5, 5.41) is 3.38. The Morgan fingerprint density at radius 2 is 2.15 bits per heavy atom. The summed E-state index contributed by atoms with van der Waals surface area (Å²) >= 11 is 0. The second-order valence-electron chi connectivity index (χ2n) is 4.83. The van der Waals surface area contributed by atoms with Gasteiger partial charge in [0.15, 0.2) is 0 Å². The molecule has 108 valence electrons. The van der Waals surface area contributed by atoms with Crippen molar-refractivity contribution in [2.75, 3.05) is 6.54 Å². The minimum atomic E-state index is -0.546. The predicted octanol–water partition coefficient (Wildman–Crippen LogP) is 2.84. The van der Waals surface area contributed by atoms with Crippen LogP contribution in [0.2, 0.25) is 0 Å². The molecule has 20 heavy (non-hydrogen) atoms. The topological polar surface area (TPSA) is 40.7 Å². The Kier molecular flexibility index (Phi) is 5.24. The minimum absolute atomic E-state index is 0.0704. The first kappa shape index (κ1) is 14.7. The normalized spacial score (nSPS) is 12.6. The van der Waals surface area contributed by atoms with E-state index in [9.17, 15) is 8.78 Å². The van der Waals surface area contributed by atoms with Crippen LogP contribution in [-0.4, -0.2) is 22.6 Å². The van der Waals surface area contributed by atoms with Gasteiger partial charge in [0.05, 0.1) is 0 Å². The van der Waals surface area contributed by atoms with E-state index >= 15 is 0 Å². The molecule has 0 spiro atoms. The van der Waals surface area contributed by atoms with Gasteiger partial charge in [-0.3, -0.25) is 0 Å². The number of H-pyrrole nitrogens is 1. The third-order valence-corrected chi connectivity index (χ3v) is 3.16. The maximum atomic E-state index is 13.7. The fourth-order valence-corrected chi connectivity index (χ4v) is 2.16. The zero-order valence-electron chi connectivity index (χ0n) is 11.5. The molecule has 1 aromatic heterocycles. The highest BCUT2D eigenvalue weighted by Crippen LogP contribution is 2.13. The number of rotatable bonds is 7. The highest BCUT2D eigenvalue weighted by molar-refractivity contribution is 5.20. The maximum Gasteiger partial charge on any atom is 0.129 e. The van der Waals surface area contributed by atoms with Crippen molar-refractivity contribution in [1.29, 1.82) is 0 Å². The molecule has 0 fully saturated rings. The van der Waals surface area contributed by atoms with E-state index in [4.69, 9.17) is 0 Å². The van der Waals surface area contributed by atoms with E-state index in [0.29, 0.717) is 18.4 Å². The number of aromatic nitrogens is 2. The molecule has 0 bridgehead atoms. The number of aromatic amines is 1. The maximum absolute atomic E-state index is 13.7. The van der Waals surface area contributed by atoms with Gasteiger partial charge in [0.1, 0.15) is 17.5 Å². The van der Waals surface area contributed by atoms with E-state index in [1.807, 2.05) is 0 Å². The van der Waals surface area contributed by atoms with Gasteiger partial charge in [-0.2, -0.15) is 0 Å². The van der Waals surface area contributed by atoms with Gasteiger partial charge in [0, 0.05) is 30.9 Å². The summed E-state index contributed by atoms with van der Waals surface area (Å²) in [6.45, 7) is 2.93. The van der Waals surface area contributed by atoms with Crippen molar-refractivity contribution in [2.24, 2.45) is 0 Å². The first-order valence-corrected chi connectivity index (χ1v) is 6.84. The number of halogens is 2. The molecule has 2 N–H and O–H groups in total. The van der Waals surface area contributed by atoms with Crippen molar-refractivity contribution in [3.8, 4) is 0 Å². The van der Waals surface area contributed by atoms with Gasteiger partial charge in [0.25, 0.3) is 0 Å². The SMILES string of the molecule is CCCNC(Cc1ncc[nH]1)Cc1ccc(F)cc1F. The monoisotopic (exact) mass is 279 g/mol. The highest BCUT2D eigenvalue weighted by Gasteiger charge is 2.14. The van der Waals surface area contributed by atoms with Crippen LogP contribution in [-0.2, 0) is 12.8 Å². The molecule has 1 unspecified atom stereocenters. The van der Waals surface area contributed by atoms with E-state index in [-0.39, 0.29) is 6.04 Å². The van der Waals surface area contributed by atoms with Gasteiger partial charge >= 0.3 is 0 Å². The van der Waals surface area contributed by atoms with Crippen LogP contribution in [0.3, 0.4) is 0 Å². The van der Waals surface area contributed by atoms with E-state index in [0.717, 1.165) is 24.9 Å². The first-order chi connectivity index (χ1) is 9.69. The summed E-state index contributed by atoms with van der Waals surface area (Å²) < 4.78 is 26.6. The summed E-state index contributed by atoms with van der Waals surface area (Å²) in [6.07, 6.45) is 5.66. The van der Waals surface area contributed by atoms with Gasteiger partial charge in [-0.1, -0.05) is 13.0 Å². The van der Waals surface area contributed by atoms with E-state index in [1.165, 1.54) is 12.1 Å². The molecule has 3 nitrogen and oxygen atoms in total. The van der Waals surface area contributed by atoms with Crippen molar-refractivity contribution in [2.45, 2.75) is 32.2 Å². The average molecular weight is 279 g/mol. The molecule has 0 aliphatic heterocycles. The Labute approximate surface area is 117 Å². The zero-order valence-corrected chi connectivity index (χ0v) is 11.5. The third kappa shape index (κ3) is 4.13. The lowest BCUT2D eigenvalue weighted by Crippen LogP contribution is -2.34. The Morgan fingerprint density at radius 3 is 2.80 bits per heavy atom. The van der Waals surface area contributed by atoms with Gasteiger partial charge < -0.3 is 10.3 Å². The lowest BCUT2D eigenvalue weighted by Gasteiger charge is -2.18. The largest absolute Gasteiger partial charge is 0.349 e. The molecule has 2 aromatic rings. The zero-order chi connectivity index (χ0) is 14.4. The number of benzene rings is 1. The molecule has 0 amide bonds. The highest BCUT2D eigenvalue weighted by atomic mass is 19.1. The molecule has 0 aliphatic rings. The summed E-state index contributed by atoms with van der Waals surface area (Å²) in [5.41, 5.74) is 0.520. The van der Waals surface area contributed by atoms with Crippen LogP contribution in [0.25, 0.3) is 0 Å². The Hall–Kier alpha value is -1.75. The quantitative estimate of drug-likeness (QED) is 0.818. The number of nitrogens with zero attached hydrogens (tertiary/aromatic N) is 1. The standard InChI is InChI=1S/C15H19F2N3/c1-2-5-18-13(10-15-19-6-7-20-15)8-11-3-4-12(16)9-14(11)17/h3-4,6-7,9,13,18H,2,5,8,10H2,1H3,(H,19,20). The van der Waals surface area contributed by atoms with Crippen molar-refractivity contribution in [3.63, 3.8) is 0 Å². The van der Waals surface area contributed by atoms with Crippen LogP contribution in [0.5, 0.6) is 0 Å². The van der Waals surface area contributed by atoms with Crippen molar-refractivity contribution < 1.29 is 8.78 Å². The van der Waals surface area contributed by atoms with E-state index in [2.05, 4.69) is 22.2 Å². The third-order valence-electron chi connectivity index (χ3n) is 3.16. The van der Waals surface area contributed by atoms with Crippen LogP contribution >= 0.6 is 0 Å². The van der Waals surface area contributed by atoms with Crippen LogP contribution < -0.4 is 5.32 Å². The molecule has 1 heterocycles. The average Bonchev–Trinajstić information content (AvgIpc) is 2.92. The van der Waals surface area contributed by atoms with Gasteiger partial charge in [-0.25, -0.2) is 13.8 Å². The van der Waals surface area contributed by atoms with E-state index < -0.39 is 11.6 Å². The lowest BCUT2D eigenvalue weighted by molar-refractivity contribution is 0.483. The Morgan fingerprint density at radius 1 is 1.30 bits per heavy atom. The molecule has 0 aliphatic carbocycles. The number of imidazole rings is 1. The Balaban J connectivity index is 2.06. The summed E-state index contributed by atoms with van der Waals surface area (Å²) in [4.78, 5) is 7.24. The fraction of sp³-hybridized carbons (Fsp3) is 0.400. The van der Waals surface area contributed by atoms with Crippen LogP contribution in [0.1, 0.15) is 24.7 Å². The first-order valence-electron chi connectivity index (χ1n) is 6.84. The second-order valence-corrected chi connectivity index (χ2v) is 4.83. The van der Waals surface area contributed by atoms with Gasteiger partial charge in [0.2, 0.25) is 0 Å². The summed E-state index contributed by atoms with van der Waals surface area (Å²) in [7, 11) is 0. The minimum Gasteiger partial charge on any atom is -0.349 e. The smallest absolute Gasteiger partial charge is 0.129 e. The van der Waals surface area contributed by atoms with Crippen LogP contribution in [0.4, 0.5) is 8.78 Å². The molecule has 0 saturated heterocycles. The second kappa shape index (κ2) is 7.14. The molecule has 1 aromatic carbocycles. The molecule has 0 saturated carbocycles. The number of hydrogen-bond acceptors (Lipinski definition) is 2. The number of nitrogens with one attached hydrogen (secondary N) is 2. The van der Waals surface area contributed by atoms with Gasteiger partial charge in [-0.05, 0) is 31.0 Å². The van der Waals surface area contributed by atoms with Crippen LogP contribution in [0.15, 0.2) is 30.6 Å². The van der Waals surface area contributed by atoms with Crippen LogP contribution in [0, 0.1) is 11.6 Å². The summed E-state index contributed by atoms with van der Waals surface area (Å²) in [5.74, 6) is -0.177. The lowest BCUT2D eigenvalue weighted by atomic mass is 10.0. The van der Waals surface area contributed by atoms with E-state index in [1.54, 1.807) is 12.4 Å². The molecular weight excluding hydrogens is 260 g/mol. The molecule has 0 radical (unpaired) electrons. The van der Waals surface area contributed by atoms with Gasteiger partial charge in [-0.15, -0.1) is 0 Å². The summed E-state index contributed by atoms with van der Waals surface area (Å²) in [6, 6.07) is 3.80. The fourth-order valence-electron chi connectivity index (χ4n) is 2.16. The molecule has 5 heteroatoms. The Bertz CT molecular complexity index is 526. The van der Waals surface area contributed by atoms with Crippen molar-refractivity contribution in [1.82, 2.24) is 15.3 Å². The van der Waals surface area contributed by atoms with Crippen molar-refractivity contribution >= 4 is 0 Å². The molecule has 1 atom stereocenters. The molecular formula is C15H19F2N3.